The van der Waals surface area contributed by atoms with Gasteiger partial charge in [0.05, 0.1) is 25.9 Å². The van der Waals surface area contributed by atoms with E-state index in [1.54, 1.807) is 0 Å². The molecule has 7 heteroatoms. The molecule has 4 rings (SSSR count). The maximum Gasteiger partial charge on any atom is 0.240 e. The molecule has 0 saturated carbocycles. The lowest BCUT2D eigenvalue weighted by molar-refractivity contribution is -0.144. The van der Waals surface area contributed by atoms with Gasteiger partial charge in [-0.1, -0.05) is 19.1 Å². The molecule has 3 aliphatic rings. The van der Waals surface area contributed by atoms with Crippen LogP contribution < -0.4 is 10.1 Å². The second-order valence-corrected chi connectivity index (χ2v) is 8.89. The third-order valence-corrected chi connectivity index (χ3v) is 6.99. The van der Waals surface area contributed by atoms with Crippen LogP contribution in [0.4, 0.5) is 0 Å². The zero-order valence-corrected chi connectivity index (χ0v) is 19.8. The molecule has 0 bridgehead atoms. The molecule has 2 atom stereocenters. The number of nitrogens with one attached hydrogen (secondary N) is 1. The standard InChI is InChI=1S/C24H37N3O3.ClH/c1-3-27(18(2)16-19-4-5-20-8-13-30-22(20)17-19)23(21-6-9-25-10-7-21)24(28)26-11-14-29-15-12-26;/h4-5,17-18,21,23,25H,3,6-16H2,1-2H3;1H. The SMILES string of the molecule is CCN(C(C)Cc1ccc2c(c1)OCC2)C(C(=O)N1CCOCC1)C1CCNCC1.Cl. The molecule has 1 aromatic rings. The summed E-state index contributed by atoms with van der Waals surface area (Å²) in [6, 6.07) is 6.90. The van der Waals surface area contributed by atoms with E-state index < -0.39 is 0 Å². The molecule has 0 radical (unpaired) electrons. The quantitative estimate of drug-likeness (QED) is 0.690. The van der Waals surface area contributed by atoms with Crippen LogP contribution in [0, 0.1) is 5.92 Å². The predicted octanol–water partition coefficient (Wildman–Crippen LogP) is 2.52. The number of halogens is 1. The van der Waals surface area contributed by atoms with Crippen molar-refractivity contribution in [3.05, 3.63) is 29.3 Å². The highest BCUT2D eigenvalue weighted by Crippen LogP contribution is 2.29. The fourth-order valence-corrected chi connectivity index (χ4v) is 5.32. The van der Waals surface area contributed by atoms with Gasteiger partial charge in [-0.05, 0) is 68.9 Å². The second kappa shape index (κ2) is 11.5. The van der Waals surface area contributed by atoms with Gasteiger partial charge in [-0.3, -0.25) is 9.69 Å². The van der Waals surface area contributed by atoms with Crippen molar-refractivity contribution in [1.82, 2.24) is 15.1 Å². The third-order valence-electron chi connectivity index (χ3n) is 6.99. The minimum atomic E-state index is -0.0455. The lowest BCUT2D eigenvalue weighted by atomic mass is 9.86. The van der Waals surface area contributed by atoms with E-state index in [-0.39, 0.29) is 18.4 Å². The third kappa shape index (κ3) is 5.72. The average Bonchev–Trinajstić information content (AvgIpc) is 3.26. The van der Waals surface area contributed by atoms with Crippen LogP contribution in [0.15, 0.2) is 18.2 Å². The Labute approximate surface area is 193 Å². The van der Waals surface area contributed by atoms with Crippen molar-refractivity contribution >= 4 is 18.3 Å². The molecular formula is C24H38ClN3O3. The van der Waals surface area contributed by atoms with Crippen molar-refractivity contribution in [3.63, 3.8) is 0 Å². The van der Waals surface area contributed by atoms with Crippen LogP contribution in [0.1, 0.15) is 37.8 Å². The smallest absolute Gasteiger partial charge is 0.240 e. The van der Waals surface area contributed by atoms with Gasteiger partial charge in [-0.2, -0.15) is 0 Å². The molecule has 2 unspecified atom stereocenters. The summed E-state index contributed by atoms with van der Waals surface area (Å²) < 4.78 is 11.3. The van der Waals surface area contributed by atoms with E-state index in [9.17, 15) is 4.79 Å². The first-order chi connectivity index (χ1) is 14.7. The normalized spacial score (nSPS) is 21.2. The topological polar surface area (TPSA) is 54.0 Å². The zero-order chi connectivity index (χ0) is 20.9. The number of carbonyl (C=O) groups is 1. The van der Waals surface area contributed by atoms with Crippen LogP contribution in [0.2, 0.25) is 0 Å². The summed E-state index contributed by atoms with van der Waals surface area (Å²) in [6.45, 7) is 10.9. The van der Waals surface area contributed by atoms with Crippen molar-refractivity contribution in [3.8, 4) is 5.75 Å². The van der Waals surface area contributed by atoms with Gasteiger partial charge in [0.25, 0.3) is 0 Å². The van der Waals surface area contributed by atoms with Crippen LogP contribution in [0.5, 0.6) is 5.75 Å². The number of carbonyl (C=O) groups excluding carboxylic acids is 1. The van der Waals surface area contributed by atoms with E-state index in [0.717, 1.165) is 57.7 Å². The van der Waals surface area contributed by atoms with Crippen LogP contribution >= 0.6 is 12.4 Å². The van der Waals surface area contributed by atoms with Crippen molar-refractivity contribution in [2.75, 3.05) is 52.5 Å². The Hall–Kier alpha value is -1.34. The highest BCUT2D eigenvalue weighted by Gasteiger charge is 2.38. The number of likely N-dealkylation sites (N-methyl/N-ethyl adjacent to an activating group) is 1. The minimum Gasteiger partial charge on any atom is -0.493 e. The molecule has 1 aromatic carbocycles. The Morgan fingerprint density at radius 3 is 2.68 bits per heavy atom. The summed E-state index contributed by atoms with van der Waals surface area (Å²) in [5.74, 6) is 1.76. The van der Waals surface area contributed by atoms with Crippen molar-refractivity contribution < 1.29 is 14.3 Å². The number of piperidine rings is 1. The molecule has 3 aliphatic heterocycles. The zero-order valence-electron chi connectivity index (χ0n) is 19.0. The fraction of sp³-hybridized carbons (Fsp3) is 0.708. The number of ether oxygens (including phenoxy) is 2. The van der Waals surface area contributed by atoms with Crippen LogP contribution in [0.25, 0.3) is 0 Å². The summed E-state index contributed by atoms with van der Waals surface area (Å²) in [7, 11) is 0. The van der Waals surface area contributed by atoms with Crippen LogP contribution in [-0.2, 0) is 22.4 Å². The monoisotopic (exact) mass is 451 g/mol. The molecular weight excluding hydrogens is 414 g/mol. The molecule has 1 amide bonds. The number of hydrogen-bond acceptors (Lipinski definition) is 5. The molecule has 31 heavy (non-hydrogen) atoms. The Morgan fingerprint density at radius 1 is 1.23 bits per heavy atom. The van der Waals surface area contributed by atoms with E-state index in [1.165, 1.54) is 11.1 Å². The van der Waals surface area contributed by atoms with Gasteiger partial charge in [-0.15, -0.1) is 12.4 Å². The van der Waals surface area contributed by atoms with E-state index >= 15 is 0 Å². The molecule has 0 spiro atoms. The largest absolute Gasteiger partial charge is 0.493 e. The number of benzene rings is 1. The van der Waals surface area contributed by atoms with Crippen molar-refractivity contribution in [1.29, 1.82) is 0 Å². The summed E-state index contributed by atoms with van der Waals surface area (Å²) in [5.41, 5.74) is 2.61. The summed E-state index contributed by atoms with van der Waals surface area (Å²) in [5, 5.41) is 3.46. The molecule has 6 nitrogen and oxygen atoms in total. The molecule has 1 N–H and O–H groups in total. The predicted molar refractivity (Wildman–Crippen MR) is 125 cm³/mol. The summed E-state index contributed by atoms with van der Waals surface area (Å²) in [6.07, 6.45) is 4.08. The van der Waals surface area contributed by atoms with Gasteiger partial charge in [0, 0.05) is 25.6 Å². The summed E-state index contributed by atoms with van der Waals surface area (Å²) >= 11 is 0. The van der Waals surface area contributed by atoms with E-state index in [4.69, 9.17) is 9.47 Å². The lowest BCUT2D eigenvalue weighted by Crippen LogP contribution is -2.58. The Bertz CT molecular complexity index is 720. The number of amides is 1. The fourth-order valence-electron chi connectivity index (χ4n) is 5.32. The first-order valence-electron chi connectivity index (χ1n) is 11.7. The molecule has 2 fully saturated rings. The first kappa shape index (κ1) is 24.3. The number of morpholine rings is 1. The number of hydrogen-bond donors (Lipinski definition) is 1. The molecule has 3 heterocycles. The van der Waals surface area contributed by atoms with Gasteiger partial charge in [0.1, 0.15) is 5.75 Å². The van der Waals surface area contributed by atoms with E-state index in [2.05, 4.69) is 42.3 Å². The highest BCUT2D eigenvalue weighted by molar-refractivity contribution is 5.85. The van der Waals surface area contributed by atoms with Crippen LogP contribution in [-0.4, -0.2) is 80.3 Å². The highest BCUT2D eigenvalue weighted by atomic mass is 35.5. The minimum absolute atomic E-state index is 0. The van der Waals surface area contributed by atoms with Crippen molar-refractivity contribution in [2.45, 2.75) is 51.6 Å². The maximum absolute atomic E-state index is 13.7. The van der Waals surface area contributed by atoms with E-state index in [0.29, 0.717) is 44.2 Å². The van der Waals surface area contributed by atoms with E-state index in [1.807, 2.05) is 4.90 Å². The van der Waals surface area contributed by atoms with Crippen molar-refractivity contribution in [2.24, 2.45) is 5.92 Å². The van der Waals surface area contributed by atoms with Gasteiger partial charge in [-0.25, -0.2) is 0 Å². The molecule has 174 valence electrons. The molecule has 2 saturated heterocycles. The van der Waals surface area contributed by atoms with Gasteiger partial charge in [0.2, 0.25) is 5.91 Å². The summed E-state index contributed by atoms with van der Waals surface area (Å²) in [4.78, 5) is 18.2. The molecule has 0 aliphatic carbocycles. The van der Waals surface area contributed by atoms with Crippen LogP contribution in [0.3, 0.4) is 0 Å². The Kier molecular flexibility index (Phi) is 9.02. The maximum atomic E-state index is 13.7. The second-order valence-electron chi connectivity index (χ2n) is 8.89. The Balaban J connectivity index is 0.00000272. The molecule has 0 aromatic heterocycles. The van der Waals surface area contributed by atoms with Gasteiger partial charge < -0.3 is 19.7 Å². The Morgan fingerprint density at radius 2 is 1.97 bits per heavy atom. The average molecular weight is 452 g/mol. The van der Waals surface area contributed by atoms with Gasteiger partial charge in [0.15, 0.2) is 0 Å². The number of fused-ring (bicyclic) bond motifs is 1. The van der Waals surface area contributed by atoms with Gasteiger partial charge >= 0.3 is 0 Å². The first-order valence-corrected chi connectivity index (χ1v) is 11.7. The number of rotatable bonds is 7. The lowest BCUT2D eigenvalue weighted by Gasteiger charge is -2.43. The number of nitrogens with zero attached hydrogens (tertiary/aromatic N) is 2.